The lowest BCUT2D eigenvalue weighted by atomic mass is 10.0. The van der Waals surface area contributed by atoms with Crippen molar-refractivity contribution in [2.75, 3.05) is 5.32 Å². The predicted octanol–water partition coefficient (Wildman–Crippen LogP) is 2.48. The average molecular weight is 385 g/mol. The van der Waals surface area contributed by atoms with Gasteiger partial charge in [0.25, 0.3) is 5.91 Å². The van der Waals surface area contributed by atoms with Crippen LogP contribution in [0.1, 0.15) is 21.6 Å². The Kier molecular flexibility index (Phi) is 3.99. The number of carbonyl (C=O) groups is 1. The number of hydrogen-bond donors (Lipinski definition) is 3. The van der Waals surface area contributed by atoms with Crippen LogP contribution in [0.5, 0.6) is 0 Å². The number of nitrogens with zero attached hydrogens (tertiary/aromatic N) is 4. The highest BCUT2D eigenvalue weighted by Crippen LogP contribution is 2.35. The number of aryl methyl sites for hydroxylation is 1. The second-order valence-electron chi connectivity index (χ2n) is 6.92. The first-order chi connectivity index (χ1) is 14.2. The number of carbonyl (C=O) groups excluding carboxylic acids is 1. The summed E-state index contributed by atoms with van der Waals surface area (Å²) in [6.07, 6.45) is 5.42. The zero-order valence-corrected chi connectivity index (χ0v) is 15.8. The van der Waals surface area contributed by atoms with Gasteiger partial charge in [-0.15, -0.1) is 0 Å². The lowest BCUT2D eigenvalue weighted by molar-refractivity contribution is 0.0966. The molecule has 0 aromatic carbocycles. The van der Waals surface area contributed by atoms with Gasteiger partial charge in [0.05, 0.1) is 28.8 Å². The number of anilines is 2. The van der Waals surface area contributed by atoms with Gasteiger partial charge in [-0.3, -0.25) is 9.78 Å². The minimum atomic E-state index is -0.125. The fourth-order valence-corrected chi connectivity index (χ4v) is 3.74. The van der Waals surface area contributed by atoms with E-state index in [1.165, 1.54) is 0 Å². The Labute approximate surface area is 166 Å². The van der Waals surface area contributed by atoms with Crippen LogP contribution in [0.15, 0.2) is 48.9 Å². The molecule has 8 heteroatoms. The summed E-state index contributed by atoms with van der Waals surface area (Å²) in [6, 6.07) is 9.53. The maximum Gasteiger partial charge on any atom is 0.254 e. The van der Waals surface area contributed by atoms with E-state index in [1.807, 2.05) is 48.1 Å². The SMILES string of the molecule is Cn1ccc2c(-c3ncc(Nc4cccc(CN)n4)c4c3CNC4=O)ccnc21. The molecule has 29 heavy (non-hydrogen) atoms. The van der Waals surface area contributed by atoms with Crippen LogP contribution in [0.2, 0.25) is 0 Å². The summed E-state index contributed by atoms with van der Waals surface area (Å²) in [5.74, 6) is 0.498. The Balaban J connectivity index is 1.64. The van der Waals surface area contributed by atoms with E-state index in [1.54, 1.807) is 12.4 Å². The Hall–Kier alpha value is -3.78. The number of rotatable bonds is 4. The average Bonchev–Trinajstić information content (AvgIpc) is 3.32. The third-order valence-electron chi connectivity index (χ3n) is 5.13. The van der Waals surface area contributed by atoms with Gasteiger partial charge in [-0.2, -0.15) is 0 Å². The van der Waals surface area contributed by atoms with Crippen LogP contribution in [-0.4, -0.2) is 25.4 Å². The fourth-order valence-electron chi connectivity index (χ4n) is 3.74. The molecule has 0 saturated carbocycles. The molecule has 144 valence electrons. The molecule has 0 saturated heterocycles. The molecule has 1 aliphatic rings. The number of pyridine rings is 3. The van der Waals surface area contributed by atoms with E-state index in [0.29, 0.717) is 30.2 Å². The van der Waals surface area contributed by atoms with E-state index in [-0.39, 0.29) is 5.91 Å². The largest absolute Gasteiger partial charge is 0.348 e. The van der Waals surface area contributed by atoms with Crippen molar-refractivity contribution in [2.24, 2.45) is 12.8 Å². The van der Waals surface area contributed by atoms with Crippen LogP contribution in [-0.2, 0) is 20.1 Å². The van der Waals surface area contributed by atoms with Crippen molar-refractivity contribution in [3.63, 3.8) is 0 Å². The van der Waals surface area contributed by atoms with Gasteiger partial charge in [0.15, 0.2) is 0 Å². The quantitative estimate of drug-likeness (QED) is 0.498. The molecule has 0 atom stereocenters. The lowest BCUT2D eigenvalue weighted by Gasteiger charge is -2.13. The normalized spacial score (nSPS) is 12.8. The number of amides is 1. The minimum absolute atomic E-state index is 0.125. The third-order valence-corrected chi connectivity index (χ3v) is 5.13. The number of nitrogens with one attached hydrogen (secondary N) is 2. The van der Waals surface area contributed by atoms with Gasteiger partial charge in [0.2, 0.25) is 0 Å². The Morgan fingerprint density at radius 1 is 1.24 bits per heavy atom. The zero-order valence-electron chi connectivity index (χ0n) is 15.8. The third kappa shape index (κ3) is 2.81. The van der Waals surface area contributed by atoms with E-state index in [2.05, 4.69) is 20.6 Å². The molecule has 4 N–H and O–H groups in total. The number of nitrogens with two attached hydrogens (primary N) is 1. The maximum absolute atomic E-state index is 12.6. The molecule has 0 spiro atoms. The Morgan fingerprint density at radius 2 is 2.14 bits per heavy atom. The van der Waals surface area contributed by atoms with Crippen LogP contribution in [0.4, 0.5) is 11.5 Å². The van der Waals surface area contributed by atoms with Gasteiger partial charge in [0, 0.05) is 49.0 Å². The molecule has 0 aliphatic carbocycles. The van der Waals surface area contributed by atoms with Crippen LogP contribution < -0.4 is 16.4 Å². The first kappa shape index (κ1) is 17.3. The molecule has 0 unspecified atom stereocenters. The second kappa shape index (κ2) is 6.68. The highest BCUT2D eigenvalue weighted by atomic mass is 16.1. The molecule has 0 bridgehead atoms. The number of hydrogen-bond acceptors (Lipinski definition) is 6. The summed E-state index contributed by atoms with van der Waals surface area (Å²) in [5.41, 5.74) is 11.1. The number of fused-ring (bicyclic) bond motifs is 2. The molecule has 4 aromatic rings. The summed E-state index contributed by atoms with van der Waals surface area (Å²) < 4.78 is 1.97. The predicted molar refractivity (Wildman–Crippen MR) is 111 cm³/mol. The standard InChI is InChI=1S/C21H19N7O/c1-28-8-6-14-13(5-7-23-20(14)28)19-15-10-25-21(29)18(15)16(11-24-19)27-17-4-2-3-12(9-22)26-17/h2-8,11H,9-10,22H2,1H3,(H,25,29)(H,26,27). The second-order valence-corrected chi connectivity index (χ2v) is 6.92. The van der Waals surface area contributed by atoms with Crippen molar-refractivity contribution in [1.29, 1.82) is 0 Å². The van der Waals surface area contributed by atoms with E-state index in [9.17, 15) is 4.79 Å². The molecule has 0 fully saturated rings. The van der Waals surface area contributed by atoms with Gasteiger partial charge in [-0.1, -0.05) is 6.07 Å². The highest BCUT2D eigenvalue weighted by molar-refractivity contribution is 6.06. The molecule has 4 aromatic heterocycles. The monoisotopic (exact) mass is 385 g/mol. The molecule has 1 aliphatic heterocycles. The summed E-state index contributed by atoms with van der Waals surface area (Å²) in [7, 11) is 1.96. The van der Waals surface area contributed by atoms with Crippen molar-refractivity contribution in [3.8, 4) is 11.3 Å². The van der Waals surface area contributed by atoms with Crippen molar-refractivity contribution in [1.82, 2.24) is 24.8 Å². The first-order valence-electron chi connectivity index (χ1n) is 9.29. The topological polar surface area (TPSA) is 111 Å². The van der Waals surface area contributed by atoms with Crippen LogP contribution in [0.3, 0.4) is 0 Å². The summed E-state index contributed by atoms with van der Waals surface area (Å²) >= 11 is 0. The summed E-state index contributed by atoms with van der Waals surface area (Å²) in [6.45, 7) is 0.777. The maximum atomic E-state index is 12.6. The summed E-state index contributed by atoms with van der Waals surface area (Å²) in [4.78, 5) is 26.2. The minimum Gasteiger partial charge on any atom is -0.348 e. The van der Waals surface area contributed by atoms with Crippen molar-refractivity contribution in [3.05, 3.63) is 65.7 Å². The van der Waals surface area contributed by atoms with Crippen LogP contribution in [0.25, 0.3) is 22.3 Å². The zero-order chi connectivity index (χ0) is 20.0. The van der Waals surface area contributed by atoms with E-state index in [4.69, 9.17) is 10.7 Å². The Morgan fingerprint density at radius 3 is 3.00 bits per heavy atom. The van der Waals surface area contributed by atoms with Crippen molar-refractivity contribution >= 4 is 28.4 Å². The van der Waals surface area contributed by atoms with Crippen LogP contribution >= 0.6 is 0 Å². The smallest absolute Gasteiger partial charge is 0.254 e. The Bertz CT molecular complexity index is 1260. The van der Waals surface area contributed by atoms with E-state index in [0.717, 1.165) is 33.5 Å². The molecule has 5 heterocycles. The summed E-state index contributed by atoms with van der Waals surface area (Å²) in [5, 5.41) is 7.14. The van der Waals surface area contributed by atoms with Gasteiger partial charge >= 0.3 is 0 Å². The van der Waals surface area contributed by atoms with Crippen molar-refractivity contribution < 1.29 is 4.79 Å². The van der Waals surface area contributed by atoms with Gasteiger partial charge < -0.3 is 20.9 Å². The van der Waals surface area contributed by atoms with Crippen LogP contribution in [0, 0.1) is 0 Å². The lowest BCUT2D eigenvalue weighted by Crippen LogP contribution is -2.13. The number of aromatic nitrogens is 4. The molecule has 5 rings (SSSR count). The van der Waals surface area contributed by atoms with E-state index < -0.39 is 0 Å². The van der Waals surface area contributed by atoms with Gasteiger partial charge in [-0.25, -0.2) is 9.97 Å². The van der Waals surface area contributed by atoms with E-state index >= 15 is 0 Å². The van der Waals surface area contributed by atoms with Gasteiger partial charge in [0.1, 0.15) is 11.5 Å². The molecule has 8 nitrogen and oxygen atoms in total. The van der Waals surface area contributed by atoms with Crippen molar-refractivity contribution in [2.45, 2.75) is 13.1 Å². The first-order valence-corrected chi connectivity index (χ1v) is 9.29. The fraction of sp³-hybridized carbons (Fsp3) is 0.143. The molecular formula is C21H19N7O. The molecule has 1 amide bonds. The molecule has 0 radical (unpaired) electrons. The highest BCUT2D eigenvalue weighted by Gasteiger charge is 2.28. The van der Waals surface area contributed by atoms with Gasteiger partial charge in [-0.05, 0) is 24.3 Å². The molecular weight excluding hydrogens is 366 g/mol.